The van der Waals surface area contributed by atoms with E-state index in [4.69, 9.17) is 0 Å². The average Bonchev–Trinajstić information content (AvgIpc) is 2.03. The van der Waals surface area contributed by atoms with Crippen LogP contribution in [0.4, 0.5) is 0 Å². The third kappa shape index (κ3) is 4.79. The molecule has 0 aromatic heterocycles. The summed E-state index contributed by atoms with van der Waals surface area (Å²) >= 11 is 0. The van der Waals surface area contributed by atoms with Crippen molar-refractivity contribution >= 4 is 0 Å². The average molecular weight is 154 g/mol. The van der Waals surface area contributed by atoms with Crippen LogP contribution in [-0.4, -0.2) is 11.2 Å². The fraction of sp³-hybridized carbons (Fsp3) is 0.600. The van der Waals surface area contributed by atoms with E-state index in [0.717, 1.165) is 24.8 Å². The molecule has 0 saturated heterocycles. The lowest BCUT2D eigenvalue weighted by Crippen LogP contribution is -2.05. The van der Waals surface area contributed by atoms with E-state index in [1.807, 2.05) is 19.9 Å². The van der Waals surface area contributed by atoms with E-state index in [2.05, 4.69) is 12.7 Å². The molecule has 0 rings (SSSR count). The summed E-state index contributed by atoms with van der Waals surface area (Å²) in [6.45, 7) is 7.58. The van der Waals surface area contributed by atoms with Gasteiger partial charge in [0.05, 0.1) is 6.10 Å². The summed E-state index contributed by atoms with van der Waals surface area (Å²) in [7, 11) is 0. The fourth-order valence-corrected chi connectivity index (χ4v) is 0.887. The SMILES string of the molecule is C=CCC/C=C(\C)C(O)CC. The van der Waals surface area contributed by atoms with Crippen LogP contribution in [0.3, 0.4) is 0 Å². The lowest BCUT2D eigenvalue weighted by Gasteiger charge is -2.06. The zero-order chi connectivity index (χ0) is 8.69. The van der Waals surface area contributed by atoms with Gasteiger partial charge in [-0.25, -0.2) is 0 Å². The zero-order valence-electron chi connectivity index (χ0n) is 7.51. The van der Waals surface area contributed by atoms with Gasteiger partial charge in [-0.05, 0) is 31.8 Å². The van der Waals surface area contributed by atoms with Gasteiger partial charge in [0.15, 0.2) is 0 Å². The summed E-state index contributed by atoms with van der Waals surface area (Å²) in [5.74, 6) is 0. The first-order valence-corrected chi connectivity index (χ1v) is 4.18. The number of aliphatic hydroxyl groups is 1. The highest BCUT2D eigenvalue weighted by molar-refractivity contribution is 5.04. The summed E-state index contributed by atoms with van der Waals surface area (Å²) in [5.41, 5.74) is 1.08. The van der Waals surface area contributed by atoms with Crippen LogP contribution in [-0.2, 0) is 0 Å². The van der Waals surface area contributed by atoms with E-state index in [9.17, 15) is 5.11 Å². The molecule has 0 aliphatic heterocycles. The van der Waals surface area contributed by atoms with Gasteiger partial charge in [-0.2, -0.15) is 0 Å². The normalized spacial score (nSPS) is 14.6. The molecule has 1 unspecified atom stereocenters. The maximum Gasteiger partial charge on any atom is 0.0744 e. The minimum atomic E-state index is -0.250. The van der Waals surface area contributed by atoms with Gasteiger partial charge in [0.1, 0.15) is 0 Å². The Morgan fingerprint density at radius 1 is 1.55 bits per heavy atom. The van der Waals surface area contributed by atoms with Crippen LogP contribution < -0.4 is 0 Å². The van der Waals surface area contributed by atoms with Crippen LogP contribution in [0.2, 0.25) is 0 Å². The predicted molar refractivity (Wildman–Crippen MR) is 49.5 cm³/mol. The number of hydrogen-bond donors (Lipinski definition) is 1. The lowest BCUT2D eigenvalue weighted by molar-refractivity contribution is 0.206. The Bertz CT molecular complexity index is 136. The second-order valence-corrected chi connectivity index (χ2v) is 2.74. The van der Waals surface area contributed by atoms with Crippen LogP contribution in [0.5, 0.6) is 0 Å². The van der Waals surface area contributed by atoms with Crippen molar-refractivity contribution in [1.82, 2.24) is 0 Å². The number of unbranched alkanes of at least 4 members (excludes halogenated alkanes) is 1. The number of hydrogen-bond acceptors (Lipinski definition) is 1. The molecule has 1 N–H and O–H groups in total. The molecule has 0 bridgehead atoms. The van der Waals surface area contributed by atoms with Gasteiger partial charge >= 0.3 is 0 Å². The highest BCUT2D eigenvalue weighted by Gasteiger charge is 2.00. The molecule has 11 heavy (non-hydrogen) atoms. The Kier molecular flexibility index (Phi) is 5.86. The van der Waals surface area contributed by atoms with Gasteiger partial charge in [0.25, 0.3) is 0 Å². The minimum Gasteiger partial charge on any atom is -0.389 e. The van der Waals surface area contributed by atoms with Crippen molar-refractivity contribution in [2.24, 2.45) is 0 Å². The molecule has 0 saturated carbocycles. The molecule has 0 aromatic carbocycles. The Hall–Kier alpha value is -0.560. The van der Waals surface area contributed by atoms with Gasteiger partial charge in [0, 0.05) is 0 Å². The smallest absolute Gasteiger partial charge is 0.0744 e. The van der Waals surface area contributed by atoms with E-state index in [0.29, 0.717) is 0 Å². The van der Waals surface area contributed by atoms with E-state index in [1.54, 1.807) is 0 Å². The highest BCUT2D eigenvalue weighted by Crippen LogP contribution is 2.06. The van der Waals surface area contributed by atoms with Crippen molar-refractivity contribution in [2.45, 2.75) is 39.2 Å². The predicted octanol–water partition coefficient (Wildman–Crippen LogP) is 2.67. The first-order chi connectivity index (χ1) is 5.22. The third-order valence-electron chi connectivity index (χ3n) is 1.75. The summed E-state index contributed by atoms with van der Waals surface area (Å²) in [6.07, 6.45) is 6.51. The highest BCUT2D eigenvalue weighted by atomic mass is 16.3. The molecule has 0 amide bonds. The maximum absolute atomic E-state index is 9.33. The maximum atomic E-state index is 9.33. The molecule has 1 nitrogen and oxygen atoms in total. The second-order valence-electron chi connectivity index (χ2n) is 2.74. The topological polar surface area (TPSA) is 20.2 Å². The largest absolute Gasteiger partial charge is 0.389 e. The van der Waals surface area contributed by atoms with Crippen molar-refractivity contribution in [1.29, 1.82) is 0 Å². The number of aliphatic hydroxyl groups excluding tert-OH is 1. The Morgan fingerprint density at radius 2 is 2.18 bits per heavy atom. The molecular weight excluding hydrogens is 136 g/mol. The Balaban J connectivity index is 3.69. The quantitative estimate of drug-likeness (QED) is 0.477. The third-order valence-corrected chi connectivity index (χ3v) is 1.75. The van der Waals surface area contributed by atoms with Crippen LogP contribution in [0, 0.1) is 0 Å². The van der Waals surface area contributed by atoms with Crippen LogP contribution in [0.1, 0.15) is 33.1 Å². The second kappa shape index (κ2) is 6.17. The van der Waals surface area contributed by atoms with E-state index in [1.165, 1.54) is 0 Å². The van der Waals surface area contributed by atoms with Crippen molar-refractivity contribution in [3.8, 4) is 0 Å². The van der Waals surface area contributed by atoms with Crippen molar-refractivity contribution in [3.63, 3.8) is 0 Å². The Morgan fingerprint density at radius 3 is 2.64 bits per heavy atom. The number of allylic oxidation sites excluding steroid dienone is 2. The van der Waals surface area contributed by atoms with Gasteiger partial charge < -0.3 is 5.11 Å². The minimum absolute atomic E-state index is 0.250. The van der Waals surface area contributed by atoms with Crippen molar-refractivity contribution < 1.29 is 5.11 Å². The molecule has 1 heteroatoms. The van der Waals surface area contributed by atoms with Crippen molar-refractivity contribution in [2.75, 3.05) is 0 Å². The van der Waals surface area contributed by atoms with Gasteiger partial charge in [-0.15, -0.1) is 6.58 Å². The summed E-state index contributed by atoms with van der Waals surface area (Å²) in [5, 5.41) is 9.33. The molecular formula is C10H18O. The van der Waals surface area contributed by atoms with E-state index >= 15 is 0 Å². The van der Waals surface area contributed by atoms with Gasteiger partial charge in [-0.3, -0.25) is 0 Å². The van der Waals surface area contributed by atoms with Gasteiger partial charge in [-0.1, -0.05) is 19.1 Å². The van der Waals surface area contributed by atoms with E-state index in [-0.39, 0.29) is 6.10 Å². The van der Waals surface area contributed by atoms with Crippen LogP contribution >= 0.6 is 0 Å². The molecule has 0 aliphatic rings. The molecule has 0 heterocycles. The number of rotatable bonds is 5. The first kappa shape index (κ1) is 10.4. The molecule has 0 radical (unpaired) electrons. The Labute approximate surface area is 69.4 Å². The summed E-state index contributed by atoms with van der Waals surface area (Å²) in [6, 6.07) is 0. The molecule has 0 fully saturated rings. The monoisotopic (exact) mass is 154 g/mol. The summed E-state index contributed by atoms with van der Waals surface area (Å²) in [4.78, 5) is 0. The molecule has 0 aliphatic carbocycles. The standard InChI is InChI=1S/C10H18O/c1-4-6-7-8-9(3)10(11)5-2/h4,8,10-11H,1,5-7H2,2-3H3/b9-8+. The molecule has 1 atom stereocenters. The fourth-order valence-electron chi connectivity index (χ4n) is 0.887. The van der Waals surface area contributed by atoms with Crippen LogP contribution in [0.25, 0.3) is 0 Å². The summed E-state index contributed by atoms with van der Waals surface area (Å²) < 4.78 is 0. The van der Waals surface area contributed by atoms with Crippen LogP contribution in [0.15, 0.2) is 24.3 Å². The van der Waals surface area contributed by atoms with Gasteiger partial charge in [0.2, 0.25) is 0 Å². The van der Waals surface area contributed by atoms with Crippen molar-refractivity contribution in [3.05, 3.63) is 24.3 Å². The van der Waals surface area contributed by atoms with E-state index < -0.39 is 0 Å². The molecule has 0 spiro atoms. The first-order valence-electron chi connectivity index (χ1n) is 4.18. The lowest BCUT2D eigenvalue weighted by atomic mass is 10.1. The zero-order valence-corrected chi connectivity index (χ0v) is 7.51. The molecule has 64 valence electrons. The molecule has 0 aromatic rings.